The molecule has 6 rings (SSSR count). The zero-order chi connectivity index (χ0) is 36.1. The Balaban J connectivity index is 1.41. The molecule has 0 spiro atoms. The Morgan fingerprint density at radius 1 is 0.784 bits per heavy atom. The standard InChI is InChI=1S/C41H39N5O5/c1-26-17-40(45(24-30-11-14-32(48-3)19-38(30)50-5)25-31-12-15-33(49-4)20-39(31)51-6)44-36-18-28(22-43-41(26)36)23-46(27(2)47)37-16-13-29-9-7-8-10-34(29)35(37)21-42/h7-20,22H,23-25H2,1-6H3. The monoisotopic (exact) mass is 681 g/mol. The quantitative estimate of drug-likeness (QED) is 0.128. The Labute approximate surface area is 297 Å². The topological polar surface area (TPSA) is 110 Å². The van der Waals surface area contributed by atoms with E-state index < -0.39 is 0 Å². The molecule has 51 heavy (non-hydrogen) atoms. The minimum absolute atomic E-state index is 0.187. The Morgan fingerprint density at radius 3 is 2.02 bits per heavy atom. The normalized spacial score (nSPS) is 10.8. The van der Waals surface area contributed by atoms with E-state index in [9.17, 15) is 10.1 Å². The fraction of sp³-hybridized carbons (Fsp3) is 0.220. The van der Waals surface area contributed by atoms with Crippen molar-refractivity contribution in [3.63, 3.8) is 0 Å². The molecule has 0 aliphatic heterocycles. The van der Waals surface area contributed by atoms with Crippen molar-refractivity contribution in [2.75, 3.05) is 38.2 Å². The molecule has 0 saturated carbocycles. The summed E-state index contributed by atoms with van der Waals surface area (Å²) in [6.45, 7) is 4.65. The zero-order valence-electron chi connectivity index (χ0n) is 29.6. The van der Waals surface area contributed by atoms with Crippen LogP contribution < -0.4 is 28.7 Å². The van der Waals surface area contributed by atoms with E-state index in [1.165, 1.54) is 6.92 Å². The lowest BCUT2D eigenvalue weighted by Crippen LogP contribution is -2.28. The number of hydrogen-bond acceptors (Lipinski definition) is 9. The van der Waals surface area contributed by atoms with Crippen molar-refractivity contribution in [1.29, 1.82) is 5.26 Å². The molecule has 0 radical (unpaired) electrons. The number of nitrogens with zero attached hydrogens (tertiary/aromatic N) is 5. The number of nitriles is 1. The van der Waals surface area contributed by atoms with E-state index in [1.807, 2.05) is 91.9 Å². The molecule has 4 aromatic carbocycles. The van der Waals surface area contributed by atoms with Gasteiger partial charge in [-0.25, -0.2) is 4.98 Å². The Bertz CT molecular complexity index is 2230. The number of aromatic nitrogens is 2. The summed E-state index contributed by atoms with van der Waals surface area (Å²) in [5.41, 5.74) is 6.04. The maximum Gasteiger partial charge on any atom is 0.224 e. The lowest BCUT2D eigenvalue weighted by atomic mass is 10.0. The summed E-state index contributed by atoms with van der Waals surface area (Å²) < 4.78 is 22.4. The van der Waals surface area contributed by atoms with Crippen LogP contribution in [0.5, 0.6) is 23.0 Å². The number of ether oxygens (including phenoxy) is 4. The van der Waals surface area contributed by atoms with Crippen LogP contribution in [0.2, 0.25) is 0 Å². The third kappa shape index (κ3) is 7.19. The molecule has 1 amide bonds. The molecule has 0 bridgehead atoms. The second-order valence-corrected chi connectivity index (χ2v) is 12.1. The van der Waals surface area contributed by atoms with Gasteiger partial charge in [-0.2, -0.15) is 5.26 Å². The number of carbonyl (C=O) groups is 1. The summed E-state index contributed by atoms with van der Waals surface area (Å²) in [5, 5.41) is 11.9. The molecule has 0 fully saturated rings. The highest BCUT2D eigenvalue weighted by atomic mass is 16.5. The number of aryl methyl sites for hydroxylation is 1. The summed E-state index contributed by atoms with van der Waals surface area (Å²) in [6.07, 6.45) is 1.77. The molecule has 0 aliphatic rings. The lowest BCUT2D eigenvalue weighted by molar-refractivity contribution is -0.116. The minimum Gasteiger partial charge on any atom is -0.497 e. The SMILES string of the molecule is COc1ccc(CN(Cc2ccc(OC)cc2OC)c2cc(C)c3ncc(CN(C(C)=O)c4ccc5ccccc5c4C#N)cc3n2)c(OC)c1. The number of rotatable bonds is 12. The van der Waals surface area contributed by atoms with E-state index in [-0.39, 0.29) is 12.5 Å². The number of anilines is 2. The van der Waals surface area contributed by atoms with E-state index in [4.69, 9.17) is 28.9 Å². The maximum atomic E-state index is 13.1. The van der Waals surface area contributed by atoms with Gasteiger partial charge in [0.25, 0.3) is 0 Å². The average molecular weight is 682 g/mol. The van der Waals surface area contributed by atoms with E-state index >= 15 is 0 Å². The molecule has 0 N–H and O–H groups in total. The molecule has 10 heteroatoms. The molecule has 0 atom stereocenters. The Hall–Kier alpha value is -6.34. The summed E-state index contributed by atoms with van der Waals surface area (Å²) in [7, 11) is 6.53. The molecular weight excluding hydrogens is 642 g/mol. The summed E-state index contributed by atoms with van der Waals surface area (Å²) in [5.74, 6) is 3.31. The first-order valence-electron chi connectivity index (χ1n) is 16.4. The van der Waals surface area contributed by atoms with Gasteiger partial charge in [-0.15, -0.1) is 0 Å². The number of benzene rings is 4. The van der Waals surface area contributed by atoms with Gasteiger partial charge >= 0.3 is 0 Å². The fourth-order valence-electron chi connectivity index (χ4n) is 6.30. The van der Waals surface area contributed by atoms with Gasteiger partial charge in [0.05, 0.1) is 57.3 Å². The van der Waals surface area contributed by atoms with Crippen molar-refractivity contribution < 1.29 is 23.7 Å². The molecule has 2 heterocycles. The highest BCUT2D eigenvalue weighted by molar-refractivity contribution is 5.99. The predicted octanol–water partition coefficient (Wildman–Crippen LogP) is 7.76. The van der Waals surface area contributed by atoms with Gasteiger partial charge in [-0.05, 0) is 65.9 Å². The largest absolute Gasteiger partial charge is 0.497 e. The van der Waals surface area contributed by atoms with Crippen LogP contribution in [0.3, 0.4) is 0 Å². The highest BCUT2D eigenvalue weighted by Crippen LogP contribution is 2.33. The van der Waals surface area contributed by atoms with Crippen LogP contribution in [-0.2, 0) is 24.4 Å². The van der Waals surface area contributed by atoms with Gasteiger partial charge in [0, 0.05) is 54.9 Å². The third-order valence-electron chi connectivity index (χ3n) is 8.94. The summed E-state index contributed by atoms with van der Waals surface area (Å²) >= 11 is 0. The second kappa shape index (κ2) is 15.0. The molecule has 10 nitrogen and oxygen atoms in total. The van der Waals surface area contributed by atoms with Crippen LogP contribution in [0, 0.1) is 18.3 Å². The van der Waals surface area contributed by atoms with Gasteiger partial charge < -0.3 is 28.7 Å². The lowest BCUT2D eigenvalue weighted by Gasteiger charge is -2.27. The van der Waals surface area contributed by atoms with Gasteiger partial charge in [0.2, 0.25) is 5.91 Å². The molecule has 0 unspecified atom stereocenters. The predicted molar refractivity (Wildman–Crippen MR) is 199 cm³/mol. The van der Waals surface area contributed by atoms with Crippen LogP contribution in [-0.4, -0.2) is 44.3 Å². The molecule has 258 valence electrons. The third-order valence-corrected chi connectivity index (χ3v) is 8.94. The van der Waals surface area contributed by atoms with Gasteiger partial charge in [-0.1, -0.05) is 30.3 Å². The van der Waals surface area contributed by atoms with Gasteiger partial charge in [0.15, 0.2) is 0 Å². The van der Waals surface area contributed by atoms with E-state index in [0.29, 0.717) is 52.9 Å². The number of pyridine rings is 2. The minimum atomic E-state index is -0.187. The second-order valence-electron chi connectivity index (χ2n) is 12.1. The van der Waals surface area contributed by atoms with Crippen molar-refractivity contribution in [3.8, 4) is 29.1 Å². The molecule has 0 aliphatic carbocycles. The number of methoxy groups -OCH3 is 4. The average Bonchev–Trinajstić information content (AvgIpc) is 3.16. The van der Waals surface area contributed by atoms with Crippen LogP contribution in [0.15, 0.2) is 91.1 Å². The van der Waals surface area contributed by atoms with Gasteiger partial charge in [0.1, 0.15) is 34.9 Å². The molecule has 6 aromatic rings. The van der Waals surface area contributed by atoms with Crippen molar-refractivity contribution in [1.82, 2.24) is 9.97 Å². The fourth-order valence-corrected chi connectivity index (χ4v) is 6.30. The van der Waals surface area contributed by atoms with Crippen LogP contribution in [0.25, 0.3) is 21.8 Å². The zero-order valence-corrected chi connectivity index (χ0v) is 29.6. The Morgan fingerprint density at radius 2 is 1.43 bits per heavy atom. The van der Waals surface area contributed by atoms with Crippen LogP contribution in [0.4, 0.5) is 11.5 Å². The number of amides is 1. The first kappa shape index (κ1) is 34.5. The smallest absolute Gasteiger partial charge is 0.224 e. The highest BCUT2D eigenvalue weighted by Gasteiger charge is 2.21. The number of hydrogen-bond donors (Lipinski definition) is 0. The number of carbonyl (C=O) groups excluding carboxylic acids is 1. The van der Waals surface area contributed by atoms with E-state index in [0.717, 1.165) is 44.4 Å². The summed E-state index contributed by atoms with van der Waals surface area (Å²) in [4.78, 5) is 26.8. The number of fused-ring (bicyclic) bond motifs is 2. The van der Waals surface area contributed by atoms with E-state index in [2.05, 4.69) is 11.0 Å². The van der Waals surface area contributed by atoms with Crippen molar-refractivity contribution in [2.45, 2.75) is 33.5 Å². The van der Waals surface area contributed by atoms with Crippen molar-refractivity contribution in [2.24, 2.45) is 0 Å². The van der Waals surface area contributed by atoms with Crippen LogP contribution in [0.1, 0.15) is 34.7 Å². The molecule has 0 saturated heterocycles. The maximum absolute atomic E-state index is 13.1. The van der Waals surface area contributed by atoms with Crippen LogP contribution >= 0.6 is 0 Å². The van der Waals surface area contributed by atoms with Crippen molar-refractivity contribution >= 4 is 39.2 Å². The van der Waals surface area contributed by atoms with Gasteiger partial charge in [-0.3, -0.25) is 9.78 Å². The first-order chi connectivity index (χ1) is 24.8. The first-order valence-corrected chi connectivity index (χ1v) is 16.4. The molecular formula is C41H39N5O5. The Kier molecular flexibility index (Phi) is 10.2. The van der Waals surface area contributed by atoms with E-state index in [1.54, 1.807) is 39.5 Å². The van der Waals surface area contributed by atoms with Crippen molar-refractivity contribution in [3.05, 3.63) is 119 Å². The summed E-state index contributed by atoms with van der Waals surface area (Å²) in [6, 6.07) is 29.3. The molecule has 2 aromatic heterocycles.